The average Bonchev–Trinajstić information content (AvgIpc) is 3.15. The van der Waals surface area contributed by atoms with E-state index in [2.05, 4.69) is 10.00 Å². The summed E-state index contributed by atoms with van der Waals surface area (Å²) in [5.41, 5.74) is 1.82. The molecule has 1 aliphatic rings. The molecule has 0 spiro atoms. The number of hydrogen-bond acceptors (Lipinski definition) is 6. The van der Waals surface area contributed by atoms with Gasteiger partial charge in [0.25, 0.3) is 0 Å². The zero-order valence-electron chi connectivity index (χ0n) is 17.9. The van der Waals surface area contributed by atoms with Crippen molar-refractivity contribution in [2.45, 2.75) is 46.1 Å². The van der Waals surface area contributed by atoms with Crippen LogP contribution in [0.15, 0.2) is 30.3 Å². The van der Waals surface area contributed by atoms with Crippen LogP contribution in [0.5, 0.6) is 5.88 Å². The third kappa shape index (κ3) is 6.16. The van der Waals surface area contributed by atoms with E-state index in [-0.39, 0.29) is 24.6 Å². The summed E-state index contributed by atoms with van der Waals surface area (Å²) >= 11 is 0. The number of rotatable bonds is 10. The number of Topliss-reactive ketones (excluding diaryl/α,β-unsaturated/α-hetero) is 1. The zero-order chi connectivity index (χ0) is 21.3. The number of benzene rings is 1. The predicted molar refractivity (Wildman–Crippen MR) is 114 cm³/mol. The van der Waals surface area contributed by atoms with Gasteiger partial charge in [-0.1, -0.05) is 30.2 Å². The molecule has 0 unspecified atom stereocenters. The molecule has 1 aromatic carbocycles. The maximum atomic E-state index is 12.7. The second-order valence-electron chi connectivity index (χ2n) is 7.64. The molecule has 1 aliphatic heterocycles. The first-order valence-corrected chi connectivity index (χ1v) is 10.8. The first-order valence-electron chi connectivity index (χ1n) is 10.8. The fraction of sp³-hybridized carbons (Fsp3) is 0.522. The summed E-state index contributed by atoms with van der Waals surface area (Å²) in [6.07, 6.45) is 4.75. The molecule has 0 amide bonds. The van der Waals surface area contributed by atoms with Gasteiger partial charge in [-0.3, -0.25) is 4.79 Å². The number of piperidine rings is 1. The van der Waals surface area contributed by atoms with Crippen LogP contribution >= 0.6 is 0 Å². The Balaban J connectivity index is 1.63. The first kappa shape index (κ1) is 22.0. The van der Waals surface area contributed by atoms with Gasteiger partial charge in [-0.15, -0.1) is 5.10 Å². The minimum absolute atomic E-state index is 0.0469. The Morgan fingerprint density at radius 1 is 1.13 bits per heavy atom. The molecule has 0 atom stereocenters. The van der Waals surface area contributed by atoms with Gasteiger partial charge in [0.05, 0.1) is 13.2 Å². The van der Waals surface area contributed by atoms with Crippen LogP contribution in [0.4, 0.5) is 0 Å². The third-order valence-corrected chi connectivity index (χ3v) is 5.19. The molecule has 3 rings (SSSR count). The van der Waals surface area contributed by atoms with E-state index in [9.17, 15) is 9.59 Å². The summed E-state index contributed by atoms with van der Waals surface area (Å²) in [6.45, 7) is 7.71. The topological polar surface area (TPSA) is 73.7 Å². The number of hydrogen-bond donors (Lipinski definition) is 0. The maximum absolute atomic E-state index is 12.7. The van der Waals surface area contributed by atoms with Crippen LogP contribution < -0.4 is 4.74 Å². The van der Waals surface area contributed by atoms with Gasteiger partial charge in [-0.05, 0) is 52.3 Å². The second-order valence-corrected chi connectivity index (χ2v) is 7.64. The van der Waals surface area contributed by atoms with Crippen molar-refractivity contribution in [1.82, 2.24) is 14.7 Å². The van der Waals surface area contributed by atoms with Crippen molar-refractivity contribution in [3.05, 3.63) is 47.2 Å². The highest BCUT2D eigenvalue weighted by atomic mass is 16.5. The largest absolute Gasteiger partial charge is 0.477 e. The Kier molecular flexibility index (Phi) is 8.02. The van der Waals surface area contributed by atoms with Crippen LogP contribution in [-0.2, 0) is 11.3 Å². The van der Waals surface area contributed by atoms with E-state index in [4.69, 9.17) is 9.47 Å². The highest BCUT2D eigenvalue weighted by Gasteiger charge is 2.20. The van der Waals surface area contributed by atoms with E-state index >= 15 is 0 Å². The van der Waals surface area contributed by atoms with Crippen molar-refractivity contribution >= 4 is 11.8 Å². The van der Waals surface area contributed by atoms with Crippen LogP contribution in [0.2, 0.25) is 0 Å². The lowest BCUT2D eigenvalue weighted by molar-refractivity contribution is 0.0512. The number of carbonyl (C=O) groups excluding carboxylic acids is 2. The lowest BCUT2D eigenvalue weighted by Gasteiger charge is -2.26. The molecule has 1 saturated heterocycles. The van der Waals surface area contributed by atoms with E-state index in [1.807, 2.05) is 25.1 Å². The smallest absolute Gasteiger partial charge is 0.356 e. The molecule has 0 aliphatic carbocycles. The van der Waals surface area contributed by atoms with Gasteiger partial charge in [0.15, 0.2) is 11.5 Å². The normalized spacial score (nSPS) is 14.5. The van der Waals surface area contributed by atoms with Crippen LogP contribution in [0.1, 0.15) is 59.0 Å². The van der Waals surface area contributed by atoms with Crippen molar-refractivity contribution in [2.24, 2.45) is 0 Å². The van der Waals surface area contributed by atoms with Crippen molar-refractivity contribution in [3.8, 4) is 5.88 Å². The Bertz CT molecular complexity index is 856. The lowest BCUT2D eigenvalue weighted by atomic mass is 10.1. The maximum Gasteiger partial charge on any atom is 0.356 e. The van der Waals surface area contributed by atoms with Gasteiger partial charge in [0.1, 0.15) is 6.54 Å². The first-order chi connectivity index (χ1) is 14.6. The summed E-state index contributed by atoms with van der Waals surface area (Å²) in [5.74, 6) is -0.289. The molecule has 1 aromatic heterocycles. The molecule has 162 valence electrons. The highest BCUT2D eigenvalue weighted by Crippen LogP contribution is 2.16. The van der Waals surface area contributed by atoms with E-state index in [1.54, 1.807) is 19.1 Å². The molecule has 1 fully saturated rings. The van der Waals surface area contributed by atoms with Crippen LogP contribution in [-0.4, -0.2) is 59.3 Å². The minimum atomic E-state index is -0.509. The van der Waals surface area contributed by atoms with E-state index < -0.39 is 5.97 Å². The number of carbonyl (C=O) groups is 2. The Morgan fingerprint density at radius 3 is 2.67 bits per heavy atom. The molecular weight excluding hydrogens is 382 g/mol. The summed E-state index contributed by atoms with van der Waals surface area (Å²) in [6, 6.07) is 8.93. The molecule has 0 saturated carbocycles. The minimum Gasteiger partial charge on any atom is -0.477 e. The van der Waals surface area contributed by atoms with Gasteiger partial charge in [-0.25, -0.2) is 9.48 Å². The number of esters is 1. The van der Waals surface area contributed by atoms with Crippen molar-refractivity contribution in [3.63, 3.8) is 0 Å². The second kappa shape index (κ2) is 10.9. The predicted octanol–water partition coefficient (Wildman–Crippen LogP) is 3.51. The monoisotopic (exact) mass is 413 g/mol. The fourth-order valence-corrected chi connectivity index (χ4v) is 3.65. The Labute approximate surface area is 178 Å². The molecule has 0 bridgehead atoms. The number of aromatic nitrogens is 2. The van der Waals surface area contributed by atoms with E-state index in [0.717, 1.165) is 31.6 Å². The van der Waals surface area contributed by atoms with Crippen LogP contribution in [0, 0.1) is 6.92 Å². The number of aryl methyl sites for hydroxylation is 1. The highest BCUT2D eigenvalue weighted by molar-refractivity contribution is 5.97. The molecule has 7 nitrogen and oxygen atoms in total. The number of ether oxygens (including phenoxy) is 2. The number of likely N-dealkylation sites (tertiary alicyclic amines) is 1. The van der Waals surface area contributed by atoms with Gasteiger partial charge in [-0.2, -0.15) is 0 Å². The van der Waals surface area contributed by atoms with Crippen LogP contribution in [0.25, 0.3) is 0 Å². The fourth-order valence-electron chi connectivity index (χ4n) is 3.65. The number of nitrogens with zero attached hydrogens (tertiary/aromatic N) is 3. The van der Waals surface area contributed by atoms with E-state index in [1.165, 1.54) is 23.9 Å². The Morgan fingerprint density at radius 2 is 1.93 bits per heavy atom. The number of ketones is 1. The Hall–Kier alpha value is -2.67. The van der Waals surface area contributed by atoms with Gasteiger partial charge >= 0.3 is 5.97 Å². The van der Waals surface area contributed by atoms with Crippen molar-refractivity contribution in [2.75, 3.05) is 32.8 Å². The molecule has 2 aromatic rings. The average molecular weight is 414 g/mol. The summed E-state index contributed by atoms with van der Waals surface area (Å²) in [4.78, 5) is 27.5. The molecule has 0 N–H and O–H groups in total. The zero-order valence-corrected chi connectivity index (χ0v) is 17.9. The molecule has 7 heteroatoms. The van der Waals surface area contributed by atoms with Gasteiger partial charge in [0, 0.05) is 18.2 Å². The van der Waals surface area contributed by atoms with Gasteiger partial charge < -0.3 is 14.4 Å². The van der Waals surface area contributed by atoms with Crippen LogP contribution in [0.3, 0.4) is 0 Å². The molecule has 2 heterocycles. The summed E-state index contributed by atoms with van der Waals surface area (Å²) in [5, 5.41) is 4.34. The lowest BCUT2D eigenvalue weighted by Crippen LogP contribution is -2.31. The molecule has 30 heavy (non-hydrogen) atoms. The summed E-state index contributed by atoms with van der Waals surface area (Å²) < 4.78 is 12.3. The molecular formula is C23H31N3O4. The van der Waals surface area contributed by atoms with Crippen molar-refractivity contribution in [1.29, 1.82) is 0 Å². The standard InChI is InChI=1S/C23H31N3O4/c1-3-29-23(28)20-16-22(30-14-8-13-25-11-5-4-6-12-25)24-26(20)17-21(27)19-10-7-9-18(2)15-19/h7,9-10,15-16H,3-6,8,11-14,17H2,1-2H3. The van der Waals surface area contributed by atoms with E-state index in [0.29, 0.717) is 18.1 Å². The third-order valence-electron chi connectivity index (χ3n) is 5.19. The quantitative estimate of drug-likeness (QED) is 0.337. The van der Waals surface area contributed by atoms with Crippen molar-refractivity contribution < 1.29 is 19.1 Å². The SMILES string of the molecule is CCOC(=O)c1cc(OCCCN2CCCCC2)nn1CC(=O)c1cccc(C)c1. The summed E-state index contributed by atoms with van der Waals surface area (Å²) in [7, 11) is 0. The van der Waals surface area contributed by atoms with Gasteiger partial charge in [0.2, 0.25) is 5.88 Å². The molecule has 0 radical (unpaired) electrons.